The summed E-state index contributed by atoms with van der Waals surface area (Å²) >= 11 is 0. The third-order valence-corrected chi connectivity index (χ3v) is 2.99. The van der Waals surface area contributed by atoms with Crippen LogP contribution >= 0.6 is 0 Å². The van der Waals surface area contributed by atoms with Crippen molar-refractivity contribution in [3.05, 3.63) is 11.8 Å². The van der Waals surface area contributed by atoms with Crippen molar-refractivity contribution in [1.29, 1.82) is 0 Å². The van der Waals surface area contributed by atoms with Gasteiger partial charge in [-0.2, -0.15) is 0 Å². The van der Waals surface area contributed by atoms with Gasteiger partial charge in [-0.25, -0.2) is 0 Å². The van der Waals surface area contributed by atoms with Crippen LogP contribution in [0, 0.1) is 0 Å². The fourth-order valence-corrected chi connectivity index (χ4v) is 2.00. The third-order valence-electron chi connectivity index (χ3n) is 2.99. The van der Waals surface area contributed by atoms with Gasteiger partial charge in [-0.3, -0.25) is 0 Å². The number of aromatic nitrogens is 2. The lowest BCUT2D eigenvalue weighted by Gasteiger charge is -2.27. The molecule has 2 atom stereocenters. The molecule has 16 heavy (non-hydrogen) atoms. The first-order valence-electron chi connectivity index (χ1n) is 5.98. The summed E-state index contributed by atoms with van der Waals surface area (Å²) in [4.78, 5) is 0. The van der Waals surface area contributed by atoms with Gasteiger partial charge in [0, 0.05) is 12.5 Å². The summed E-state index contributed by atoms with van der Waals surface area (Å²) in [7, 11) is 0. The largest absolute Gasteiger partial charge is 0.423 e. The van der Waals surface area contributed by atoms with Gasteiger partial charge in [0.25, 0.3) is 0 Å². The summed E-state index contributed by atoms with van der Waals surface area (Å²) in [6.07, 6.45) is 5.40. The Morgan fingerprint density at radius 2 is 2.06 bits per heavy atom. The van der Waals surface area contributed by atoms with E-state index in [0.717, 1.165) is 19.3 Å². The molecule has 1 heterocycles. The maximum atomic E-state index is 5.98. The van der Waals surface area contributed by atoms with E-state index in [4.69, 9.17) is 14.9 Å². The van der Waals surface area contributed by atoms with Crippen LogP contribution in [0.25, 0.3) is 0 Å². The molecule has 1 aromatic rings. The fourth-order valence-electron chi connectivity index (χ4n) is 2.00. The molecule has 0 saturated heterocycles. The van der Waals surface area contributed by atoms with Gasteiger partial charge in [0.15, 0.2) is 0 Å². The quantitative estimate of drug-likeness (QED) is 0.838. The van der Waals surface area contributed by atoms with Crippen molar-refractivity contribution in [1.82, 2.24) is 10.2 Å². The number of nitrogens with zero attached hydrogens (tertiary/aromatic N) is 2. The van der Waals surface area contributed by atoms with Crippen molar-refractivity contribution in [3.63, 3.8) is 0 Å². The average molecular weight is 225 g/mol. The standard InChI is InChI=1S/C11H19N3O2/c1-2-10-13-14-11(16-10)7-15-9-6-4-3-5-8(9)12/h8-9H,2-7,12H2,1H3. The molecule has 0 spiro atoms. The molecule has 0 aromatic carbocycles. The maximum absolute atomic E-state index is 5.98. The Labute approximate surface area is 95.4 Å². The monoisotopic (exact) mass is 225 g/mol. The smallest absolute Gasteiger partial charge is 0.242 e. The second kappa shape index (κ2) is 5.41. The lowest BCUT2D eigenvalue weighted by molar-refractivity contribution is -0.00560. The molecule has 2 N–H and O–H groups in total. The first kappa shape index (κ1) is 11.5. The molecule has 0 bridgehead atoms. The molecule has 1 aliphatic carbocycles. The van der Waals surface area contributed by atoms with E-state index in [0.29, 0.717) is 18.4 Å². The third kappa shape index (κ3) is 2.80. The van der Waals surface area contributed by atoms with E-state index < -0.39 is 0 Å². The zero-order valence-electron chi connectivity index (χ0n) is 9.69. The minimum atomic E-state index is 0.144. The second-order valence-electron chi connectivity index (χ2n) is 4.24. The lowest BCUT2D eigenvalue weighted by Crippen LogP contribution is -2.39. The van der Waals surface area contributed by atoms with E-state index in [1.165, 1.54) is 12.8 Å². The van der Waals surface area contributed by atoms with Crippen molar-refractivity contribution in [3.8, 4) is 0 Å². The van der Waals surface area contributed by atoms with E-state index in [1.807, 2.05) is 6.92 Å². The molecule has 1 saturated carbocycles. The van der Waals surface area contributed by atoms with Crippen LogP contribution < -0.4 is 5.73 Å². The van der Waals surface area contributed by atoms with Crippen LogP contribution in [0.4, 0.5) is 0 Å². The predicted octanol–water partition coefficient (Wildman–Crippen LogP) is 1.42. The molecule has 5 heteroatoms. The van der Waals surface area contributed by atoms with E-state index in [9.17, 15) is 0 Å². The van der Waals surface area contributed by atoms with Crippen molar-refractivity contribution in [2.45, 2.75) is 57.8 Å². The van der Waals surface area contributed by atoms with Gasteiger partial charge in [-0.1, -0.05) is 19.8 Å². The SMILES string of the molecule is CCc1nnc(COC2CCCCC2N)o1. The van der Waals surface area contributed by atoms with Crippen molar-refractivity contribution in [2.24, 2.45) is 5.73 Å². The minimum absolute atomic E-state index is 0.144. The second-order valence-corrected chi connectivity index (χ2v) is 4.24. The summed E-state index contributed by atoms with van der Waals surface area (Å²) in [6.45, 7) is 2.36. The molecule has 5 nitrogen and oxygen atoms in total. The molecular formula is C11H19N3O2. The molecule has 90 valence electrons. The molecular weight excluding hydrogens is 206 g/mol. The molecule has 2 unspecified atom stereocenters. The van der Waals surface area contributed by atoms with Crippen LogP contribution in [-0.2, 0) is 17.8 Å². The maximum Gasteiger partial charge on any atom is 0.242 e. The lowest BCUT2D eigenvalue weighted by atomic mass is 9.93. The summed E-state index contributed by atoms with van der Waals surface area (Å²) in [5.41, 5.74) is 5.98. The summed E-state index contributed by atoms with van der Waals surface area (Å²) in [5.74, 6) is 1.21. The number of rotatable bonds is 4. The summed E-state index contributed by atoms with van der Waals surface area (Å²) < 4.78 is 11.1. The van der Waals surface area contributed by atoms with Crippen LogP contribution in [-0.4, -0.2) is 22.3 Å². The summed E-state index contributed by atoms with van der Waals surface area (Å²) in [6, 6.07) is 0.155. The molecule has 1 fully saturated rings. The summed E-state index contributed by atoms with van der Waals surface area (Å²) in [5, 5.41) is 7.80. The van der Waals surface area contributed by atoms with Gasteiger partial charge >= 0.3 is 0 Å². The van der Waals surface area contributed by atoms with Gasteiger partial charge < -0.3 is 14.9 Å². The van der Waals surface area contributed by atoms with Gasteiger partial charge in [-0.05, 0) is 12.8 Å². The van der Waals surface area contributed by atoms with E-state index in [-0.39, 0.29) is 12.1 Å². The highest BCUT2D eigenvalue weighted by atomic mass is 16.5. The Hall–Kier alpha value is -0.940. The Morgan fingerprint density at radius 1 is 1.31 bits per heavy atom. The normalized spacial score (nSPS) is 25.9. The number of ether oxygens (including phenoxy) is 1. The highest BCUT2D eigenvalue weighted by molar-refractivity contribution is 4.82. The molecule has 0 aliphatic heterocycles. The van der Waals surface area contributed by atoms with E-state index in [1.54, 1.807) is 0 Å². The minimum Gasteiger partial charge on any atom is -0.423 e. The topological polar surface area (TPSA) is 74.2 Å². The number of aryl methyl sites for hydroxylation is 1. The predicted molar refractivity (Wildman–Crippen MR) is 58.7 cm³/mol. The van der Waals surface area contributed by atoms with Crippen molar-refractivity contribution < 1.29 is 9.15 Å². The zero-order chi connectivity index (χ0) is 11.4. The first-order valence-corrected chi connectivity index (χ1v) is 5.98. The van der Waals surface area contributed by atoms with Crippen LogP contribution in [0.2, 0.25) is 0 Å². The molecule has 0 amide bonds. The highest BCUT2D eigenvalue weighted by Crippen LogP contribution is 2.20. The first-order chi connectivity index (χ1) is 7.79. The molecule has 2 rings (SSSR count). The molecule has 0 radical (unpaired) electrons. The Bertz CT molecular complexity index is 327. The highest BCUT2D eigenvalue weighted by Gasteiger charge is 2.22. The molecule has 1 aromatic heterocycles. The van der Waals surface area contributed by atoms with Gasteiger partial charge in [0.1, 0.15) is 6.61 Å². The van der Waals surface area contributed by atoms with E-state index >= 15 is 0 Å². The van der Waals surface area contributed by atoms with Crippen LogP contribution in [0.5, 0.6) is 0 Å². The van der Waals surface area contributed by atoms with Gasteiger partial charge in [-0.15, -0.1) is 10.2 Å². The number of hydrogen-bond acceptors (Lipinski definition) is 5. The van der Waals surface area contributed by atoms with Crippen LogP contribution in [0.15, 0.2) is 4.42 Å². The molecule has 1 aliphatic rings. The van der Waals surface area contributed by atoms with Crippen LogP contribution in [0.3, 0.4) is 0 Å². The number of hydrogen-bond donors (Lipinski definition) is 1. The average Bonchev–Trinajstić information content (AvgIpc) is 2.76. The zero-order valence-corrected chi connectivity index (χ0v) is 9.69. The number of nitrogens with two attached hydrogens (primary N) is 1. The van der Waals surface area contributed by atoms with Crippen molar-refractivity contribution in [2.75, 3.05) is 0 Å². The Balaban J connectivity index is 1.81. The van der Waals surface area contributed by atoms with Gasteiger partial charge in [0.05, 0.1) is 6.10 Å². The van der Waals surface area contributed by atoms with Crippen molar-refractivity contribution >= 4 is 0 Å². The van der Waals surface area contributed by atoms with Gasteiger partial charge in [0.2, 0.25) is 11.8 Å². The fraction of sp³-hybridized carbons (Fsp3) is 0.818. The Morgan fingerprint density at radius 3 is 2.75 bits per heavy atom. The Kier molecular flexibility index (Phi) is 3.90. The van der Waals surface area contributed by atoms with E-state index in [2.05, 4.69) is 10.2 Å². The van der Waals surface area contributed by atoms with Crippen LogP contribution in [0.1, 0.15) is 44.4 Å².